The lowest BCUT2D eigenvalue weighted by molar-refractivity contribution is 0.0694. The predicted octanol–water partition coefficient (Wildman–Crippen LogP) is 1.70. The fourth-order valence-corrected chi connectivity index (χ4v) is 3.40. The minimum Gasteiger partial charge on any atom is -0.327 e. The van der Waals surface area contributed by atoms with Crippen LogP contribution in [0.2, 0.25) is 0 Å². The molecule has 0 radical (unpaired) electrons. The van der Waals surface area contributed by atoms with Gasteiger partial charge in [-0.1, -0.05) is 18.2 Å². The Hall–Kier alpha value is -3.03. The quantitative estimate of drug-likeness (QED) is 0.719. The number of aromatic nitrogens is 6. The zero-order chi connectivity index (χ0) is 17.7. The molecule has 0 N–H and O–H groups in total. The van der Waals surface area contributed by atoms with Gasteiger partial charge in [-0.25, -0.2) is 9.67 Å². The van der Waals surface area contributed by atoms with Gasteiger partial charge in [-0.3, -0.25) is 4.79 Å². The number of hydrogen-bond acceptors (Lipinski definition) is 5. The zero-order valence-corrected chi connectivity index (χ0v) is 14.5. The summed E-state index contributed by atoms with van der Waals surface area (Å²) in [7, 11) is 0. The smallest absolute Gasteiger partial charge is 0.294 e. The number of hydrogen-bond donors (Lipinski definition) is 0. The lowest BCUT2D eigenvalue weighted by atomic mass is 10.3. The molecule has 1 aromatic carbocycles. The summed E-state index contributed by atoms with van der Waals surface area (Å²) < 4.78 is 3.87. The highest BCUT2D eigenvalue weighted by Crippen LogP contribution is 2.39. The largest absolute Gasteiger partial charge is 0.327 e. The molecule has 3 aromatic rings. The summed E-state index contributed by atoms with van der Waals surface area (Å²) in [4.78, 5) is 19.3. The molecule has 26 heavy (non-hydrogen) atoms. The van der Waals surface area contributed by atoms with Gasteiger partial charge in [0.15, 0.2) is 5.82 Å². The van der Waals surface area contributed by atoms with E-state index in [-0.39, 0.29) is 11.7 Å². The van der Waals surface area contributed by atoms with E-state index in [9.17, 15) is 4.79 Å². The lowest BCUT2D eigenvalue weighted by Crippen LogP contribution is -2.39. The topological polar surface area (TPSA) is 81.7 Å². The van der Waals surface area contributed by atoms with E-state index in [2.05, 4.69) is 24.8 Å². The van der Waals surface area contributed by atoms with E-state index in [1.54, 1.807) is 4.90 Å². The standard InChI is InChI=1S/C18H19N7O/c1-12-20-21-15-11-23(9-10-24(12)15)18(26)16-19-17(13-7-8-13)25(22-16)14-5-3-2-4-6-14/h2-6,13H,7-11H2,1H3. The van der Waals surface area contributed by atoms with Crippen molar-refractivity contribution in [3.05, 3.63) is 53.6 Å². The third kappa shape index (κ3) is 2.49. The van der Waals surface area contributed by atoms with E-state index in [0.29, 0.717) is 25.6 Å². The van der Waals surface area contributed by atoms with E-state index < -0.39 is 0 Å². The average molecular weight is 349 g/mol. The number of rotatable bonds is 3. The van der Waals surface area contributed by atoms with E-state index in [1.165, 1.54) is 0 Å². The van der Waals surface area contributed by atoms with E-state index in [4.69, 9.17) is 0 Å². The first-order chi connectivity index (χ1) is 12.7. The number of nitrogens with zero attached hydrogens (tertiary/aromatic N) is 7. The van der Waals surface area contributed by atoms with Gasteiger partial charge in [0.25, 0.3) is 5.91 Å². The van der Waals surface area contributed by atoms with Gasteiger partial charge in [0.1, 0.15) is 11.6 Å². The van der Waals surface area contributed by atoms with Gasteiger partial charge < -0.3 is 9.47 Å². The van der Waals surface area contributed by atoms with Gasteiger partial charge in [-0.05, 0) is 31.9 Å². The molecule has 1 fully saturated rings. The van der Waals surface area contributed by atoms with Crippen molar-refractivity contribution < 1.29 is 4.79 Å². The Bertz CT molecular complexity index is 971. The van der Waals surface area contributed by atoms with Crippen molar-refractivity contribution in [3.8, 4) is 5.69 Å². The zero-order valence-electron chi connectivity index (χ0n) is 14.5. The second kappa shape index (κ2) is 5.76. The van der Waals surface area contributed by atoms with Crippen LogP contribution in [0.15, 0.2) is 30.3 Å². The molecule has 0 unspecified atom stereocenters. The first-order valence-corrected chi connectivity index (χ1v) is 8.91. The van der Waals surface area contributed by atoms with Crippen LogP contribution in [0.25, 0.3) is 5.69 Å². The maximum atomic E-state index is 13.0. The van der Waals surface area contributed by atoms with Crippen LogP contribution in [0, 0.1) is 6.92 Å². The molecule has 132 valence electrons. The van der Waals surface area contributed by atoms with Crippen LogP contribution in [-0.4, -0.2) is 46.9 Å². The summed E-state index contributed by atoms with van der Waals surface area (Å²) in [5, 5.41) is 12.8. The van der Waals surface area contributed by atoms with Crippen LogP contribution < -0.4 is 0 Å². The Balaban J connectivity index is 1.46. The third-order valence-electron chi connectivity index (χ3n) is 4.99. The van der Waals surface area contributed by atoms with Crippen molar-refractivity contribution in [2.24, 2.45) is 0 Å². The van der Waals surface area contributed by atoms with Crippen LogP contribution >= 0.6 is 0 Å². The molecule has 0 atom stereocenters. The summed E-state index contributed by atoms with van der Waals surface area (Å²) in [6.45, 7) is 3.69. The van der Waals surface area contributed by atoms with Crippen LogP contribution in [0.1, 0.15) is 46.9 Å². The highest BCUT2D eigenvalue weighted by atomic mass is 16.2. The van der Waals surface area contributed by atoms with Gasteiger partial charge in [0.2, 0.25) is 5.82 Å². The van der Waals surface area contributed by atoms with Gasteiger partial charge >= 0.3 is 0 Å². The minimum atomic E-state index is -0.145. The molecular weight excluding hydrogens is 330 g/mol. The maximum absolute atomic E-state index is 13.0. The number of para-hydroxylation sites is 1. The summed E-state index contributed by atoms with van der Waals surface area (Å²) in [5.74, 6) is 3.10. The van der Waals surface area contributed by atoms with Crippen molar-refractivity contribution in [1.29, 1.82) is 0 Å². The molecule has 1 amide bonds. The normalized spacial score (nSPS) is 16.6. The molecule has 0 spiro atoms. The molecule has 0 saturated heterocycles. The maximum Gasteiger partial charge on any atom is 0.294 e. The highest BCUT2D eigenvalue weighted by molar-refractivity contribution is 5.90. The van der Waals surface area contributed by atoms with Crippen molar-refractivity contribution >= 4 is 5.91 Å². The van der Waals surface area contributed by atoms with Gasteiger partial charge in [0.05, 0.1) is 12.2 Å². The number of carbonyl (C=O) groups is 1. The van der Waals surface area contributed by atoms with Crippen LogP contribution in [0.4, 0.5) is 0 Å². The number of amides is 1. The Morgan fingerprint density at radius 3 is 2.69 bits per heavy atom. The first-order valence-electron chi connectivity index (χ1n) is 8.91. The number of carbonyl (C=O) groups excluding carboxylic acids is 1. The number of benzene rings is 1. The second-order valence-electron chi connectivity index (χ2n) is 6.86. The molecule has 2 aromatic heterocycles. The molecular formula is C18H19N7O. The molecule has 1 aliphatic heterocycles. The SMILES string of the molecule is Cc1nnc2n1CCN(C(=O)c1nc(C3CC3)n(-c3ccccc3)n1)C2. The van der Waals surface area contributed by atoms with Crippen LogP contribution in [0.5, 0.6) is 0 Å². The molecule has 0 bridgehead atoms. The molecule has 1 aliphatic carbocycles. The van der Waals surface area contributed by atoms with E-state index >= 15 is 0 Å². The lowest BCUT2D eigenvalue weighted by Gasteiger charge is -2.26. The Morgan fingerprint density at radius 1 is 1.12 bits per heavy atom. The summed E-state index contributed by atoms with van der Waals surface area (Å²) >= 11 is 0. The third-order valence-corrected chi connectivity index (χ3v) is 4.99. The minimum absolute atomic E-state index is 0.145. The molecule has 1 saturated carbocycles. The second-order valence-corrected chi connectivity index (χ2v) is 6.86. The molecule has 3 heterocycles. The van der Waals surface area contributed by atoms with Gasteiger partial charge in [0, 0.05) is 19.0 Å². The highest BCUT2D eigenvalue weighted by Gasteiger charge is 2.33. The van der Waals surface area contributed by atoms with E-state index in [0.717, 1.165) is 36.0 Å². The number of aryl methyl sites for hydroxylation is 1. The van der Waals surface area contributed by atoms with Crippen molar-refractivity contribution in [3.63, 3.8) is 0 Å². The molecule has 8 heteroatoms. The number of fused-ring (bicyclic) bond motifs is 1. The summed E-state index contributed by atoms with van der Waals surface area (Å²) in [6.07, 6.45) is 2.20. The van der Waals surface area contributed by atoms with Crippen molar-refractivity contribution in [2.45, 2.75) is 38.8 Å². The molecule has 5 rings (SSSR count). The summed E-state index contributed by atoms with van der Waals surface area (Å²) in [5.41, 5.74) is 0.940. The molecule has 2 aliphatic rings. The van der Waals surface area contributed by atoms with Crippen molar-refractivity contribution in [2.75, 3.05) is 6.54 Å². The Morgan fingerprint density at radius 2 is 1.92 bits per heavy atom. The predicted molar refractivity (Wildman–Crippen MR) is 92.8 cm³/mol. The van der Waals surface area contributed by atoms with Crippen LogP contribution in [-0.2, 0) is 13.1 Å². The first kappa shape index (κ1) is 15.2. The Labute approximate surface area is 150 Å². The van der Waals surface area contributed by atoms with E-state index in [1.807, 2.05) is 41.9 Å². The van der Waals surface area contributed by atoms with Crippen LogP contribution in [0.3, 0.4) is 0 Å². The van der Waals surface area contributed by atoms with Gasteiger partial charge in [-0.2, -0.15) is 0 Å². The fourth-order valence-electron chi connectivity index (χ4n) is 3.40. The van der Waals surface area contributed by atoms with Crippen molar-refractivity contribution in [1.82, 2.24) is 34.4 Å². The Kier molecular flexibility index (Phi) is 3.37. The molecule has 8 nitrogen and oxygen atoms in total. The monoisotopic (exact) mass is 349 g/mol. The van der Waals surface area contributed by atoms with Gasteiger partial charge in [-0.15, -0.1) is 15.3 Å². The summed E-state index contributed by atoms with van der Waals surface area (Å²) in [6, 6.07) is 9.88. The fraction of sp³-hybridized carbons (Fsp3) is 0.389. The average Bonchev–Trinajstić information content (AvgIpc) is 3.33.